The first-order chi connectivity index (χ1) is 17.3. The molecule has 3 aromatic rings. The van der Waals surface area contributed by atoms with Crippen molar-refractivity contribution in [3.8, 4) is 5.88 Å². The van der Waals surface area contributed by atoms with Gasteiger partial charge in [0, 0.05) is 37.7 Å². The van der Waals surface area contributed by atoms with Gasteiger partial charge in [-0.2, -0.15) is 0 Å². The first kappa shape index (κ1) is 25.0. The zero-order chi connectivity index (χ0) is 25.3. The molecule has 2 aromatic carbocycles. The molecule has 0 aliphatic carbocycles. The molecule has 0 radical (unpaired) electrons. The third kappa shape index (κ3) is 5.49. The Morgan fingerprint density at radius 2 is 1.83 bits per heavy atom. The Morgan fingerprint density at radius 1 is 1.11 bits per heavy atom. The predicted molar refractivity (Wildman–Crippen MR) is 139 cm³/mol. The molecule has 1 aromatic heterocycles. The number of hydrogen-bond acceptors (Lipinski definition) is 8. The number of nitrogens with one attached hydrogen (secondary N) is 1. The van der Waals surface area contributed by atoms with Crippen LogP contribution in [-0.2, 0) is 21.1 Å². The monoisotopic (exact) mass is 528 g/mol. The lowest BCUT2D eigenvalue weighted by Crippen LogP contribution is -2.58. The molecule has 0 spiro atoms. The van der Waals surface area contributed by atoms with Crippen LogP contribution in [0, 0.1) is 6.92 Å². The van der Waals surface area contributed by atoms with Crippen LogP contribution < -0.4 is 10.1 Å². The highest BCUT2D eigenvalue weighted by molar-refractivity contribution is 7.90. The molecule has 5 rings (SSSR count). The van der Waals surface area contributed by atoms with Gasteiger partial charge in [0.2, 0.25) is 5.88 Å². The average Bonchev–Trinajstić information content (AvgIpc) is 2.83. The number of fused-ring (bicyclic) bond motifs is 2. The molecule has 0 amide bonds. The van der Waals surface area contributed by atoms with E-state index in [1.165, 1.54) is 24.0 Å². The van der Waals surface area contributed by atoms with Gasteiger partial charge in [-0.25, -0.2) is 18.4 Å². The van der Waals surface area contributed by atoms with Gasteiger partial charge in [-0.3, -0.25) is 4.90 Å². The molecule has 3 atom stereocenters. The van der Waals surface area contributed by atoms with E-state index in [2.05, 4.69) is 44.5 Å². The maximum atomic E-state index is 11.8. The molecule has 2 saturated heterocycles. The fourth-order valence-electron chi connectivity index (χ4n) is 4.88. The number of benzene rings is 2. The number of anilines is 2. The number of aromatic nitrogens is 2. The number of nitrogens with zero attached hydrogens (tertiary/aromatic N) is 3. The first-order valence-electron chi connectivity index (χ1n) is 11.9. The standard InChI is InChI=1S/C26H29ClN4O4S/c1-17-25(30-24-9-8-22(12-23(24)27)36(2,32)33)28-16-29-26(17)35-21-10-19-14-34-15-20(11-21)31(19)13-18-6-4-3-5-7-18/h3-9,12,16,19-21H,10-11,13-15H2,1-2H3,(H,28,29,30)/t19-,20?,21?/m1/s1. The number of rotatable bonds is 7. The van der Waals surface area contributed by atoms with Gasteiger partial charge in [-0.05, 0) is 30.7 Å². The summed E-state index contributed by atoms with van der Waals surface area (Å²) in [4.78, 5) is 11.4. The lowest BCUT2D eigenvalue weighted by molar-refractivity contribution is -0.104. The van der Waals surface area contributed by atoms with E-state index in [1.54, 1.807) is 6.07 Å². The van der Waals surface area contributed by atoms with Crippen LogP contribution in [0.4, 0.5) is 11.5 Å². The minimum absolute atomic E-state index is 0.0232. The van der Waals surface area contributed by atoms with Gasteiger partial charge < -0.3 is 14.8 Å². The smallest absolute Gasteiger partial charge is 0.221 e. The van der Waals surface area contributed by atoms with E-state index < -0.39 is 9.84 Å². The molecule has 2 fully saturated rings. The number of morpholine rings is 1. The molecule has 2 aliphatic heterocycles. The highest BCUT2D eigenvalue weighted by Crippen LogP contribution is 2.34. The van der Waals surface area contributed by atoms with Gasteiger partial charge in [0.1, 0.15) is 18.2 Å². The van der Waals surface area contributed by atoms with Crippen LogP contribution >= 0.6 is 11.6 Å². The van der Waals surface area contributed by atoms with E-state index in [1.807, 2.05) is 13.0 Å². The van der Waals surface area contributed by atoms with Crippen molar-refractivity contribution < 1.29 is 17.9 Å². The maximum Gasteiger partial charge on any atom is 0.221 e. The number of ether oxygens (including phenoxy) is 2. The molecule has 3 heterocycles. The zero-order valence-corrected chi connectivity index (χ0v) is 21.8. The van der Waals surface area contributed by atoms with Crippen LogP contribution in [0.25, 0.3) is 0 Å². The number of hydrogen-bond donors (Lipinski definition) is 1. The zero-order valence-electron chi connectivity index (χ0n) is 20.2. The van der Waals surface area contributed by atoms with Gasteiger partial charge in [-0.15, -0.1) is 0 Å². The van der Waals surface area contributed by atoms with Crippen LogP contribution in [0.5, 0.6) is 5.88 Å². The van der Waals surface area contributed by atoms with Crippen LogP contribution in [0.3, 0.4) is 0 Å². The Balaban J connectivity index is 1.29. The lowest BCUT2D eigenvalue weighted by Gasteiger charge is -2.48. The quantitative estimate of drug-likeness (QED) is 0.482. The van der Waals surface area contributed by atoms with Gasteiger partial charge in [-0.1, -0.05) is 41.9 Å². The third-order valence-corrected chi connectivity index (χ3v) is 8.20. The number of halogens is 1. The largest absolute Gasteiger partial charge is 0.474 e. The molecule has 8 nitrogen and oxygen atoms in total. The fourth-order valence-corrected chi connectivity index (χ4v) is 5.82. The van der Waals surface area contributed by atoms with Gasteiger partial charge in [0.05, 0.1) is 34.4 Å². The second kappa shape index (κ2) is 10.3. The summed E-state index contributed by atoms with van der Waals surface area (Å²) in [5.41, 5.74) is 2.62. The first-order valence-corrected chi connectivity index (χ1v) is 14.2. The van der Waals surface area contributed by atoms with Crippen LogP contribution in [0.2, 0.25) is 5.02 Å². The number of sulfone groups is 1. The molecule has 190 valence electrons. The highest BCUT2D eigenvalue weighted by Gasteiger charge is 2.40. The van der Waals surface area contributed by atoms with Crippen molar-refractivity contribution in [3.63, 3.8) is 0 Å². The van der Waals surface area contributed by atoms with Crippen LogP contribution in [0.15, 0.2) is 59.8 Å². The van der Waals surface area contributed by atoms with Crippen molar-refractivity contribution in [2.24, 2.45) is 0 Å². The van der Waals surface area contributed by atoms with Gasteiger partial charge in [0.15, 0.2) is 9.84 Å². The van der Waals surface area contributed by atoms with Gasteiger partial charge >= 0.3 is 0 Å². The van der Waals surface area contributed by atoms with E-state index in [-0.39, 0.29) is 28.1 Å². The summed E-state index contributed by atoms with van der Waals surface area (Å²) in [5.74, 6) is 1.08. The van der Waals surface area contributed by atoms with E-state index >= 15 is 0 Å². The summed E-state index contributed by atoms with van der Waals surface area (Å²) in [6.07, 6.45) is 4.34. The summed E-state index contributed by atoms with van der Waals surface area (Å²) in [6.45, 7) is 4.19. The van der Waals surface area contributed by atoms with Crippen LogP contribution in [-0.4, -0.2) is 60.9 Å². The van der Waals surface area contributed by atoms with Crippen molar-refractivity contribution in [1.82, 2.24) is 14.9 Å². The average molecular weight is 529 g/mol. The molecular weight excluding hydrogens is 500 g/mol. The molecule has 2 aliphatic rings. The molecule has 2 unspecified atom stereocenters. The lowest BCUT2D eigenvalue weighted by atomic mass is 9.91. The Labute approximate surface area is 216 Å². The van der Waals surface area contributed by atoms with Crippen molar-refractivity contribution in [2.45, 2.75) is 49.4 Å². The summed E-state index contributed by atoms with van der Waals surface area (Å²) in [7, 11) is -3.34. The molecule has 2 bridgehead atoms. The maximum absolute atomic E-state index is 11.8. The van der Waals surface area contributed by atoms with Crippen LogP contribution in [0.1, 0.15) is 24.0 Å². The Hall–Kier alpha value is -2.72. The highest BCUT2D eigenvalue weighted by atomic mass is 35.5. The van der Waals surface area contributed by atoms with E-state index in [4.69, 9.17) is 21.1 Å². The van der Waals surface area contributed by atoms with Crippen molar-refractivity contribution in [1.29, 1.82) is 0 Å². The summed E-state index contributed by atoms with van der Waals surface area (Å²) < 4.78 is 35.9. The van der Waals surface area contributed by atoms with Crippen molar-refractivity contribution >= 4 is 32.9 Å². The van der Waals surface area contributed by atoms with Gasteiger partial charge in [0.25, 0.3) is 0 Å². The summed E-state index contributed by atoms with van der Waals surface area (Å²) in [6, 6.07) is 15.7. The van der Waals surface area contributed by atoms with Crippen molar-refractivity contribution in [2.75, 3.05) is 24.8 Å². The van der Waals surface area contributed by atoms with E-state index in [0.717, 1.165) is 31.2 Å². The summed E-state index contributed by atoms with van der Waals surface area (Å²) >= 11 is 6.34. The molecule has 10 heteroatoms. The topological polar surface area (TPSA) is 93.7 Å². The Morgan fingerprint density at radius 3 is 2.50 bits per heavy atom. The minimum Gasteiger partial charge on any atom is -0.474 e. The van der Waals surface area contributed by atoms with Crippen molar-refractivity contribution in [3.05, 3.63) is 71.0 Å². The molecule has 0 saturated carbocycles. The SMILES string of the molecule is Cc1c(Nc2ccc(S(C)(=O)=O)cc2Cl)ncnc1OC1CC2COC[C@@H](C1)N2Cc1ccccc1. The minimum atomic E-state index is -3.34. The second-order valence-electron chi connectivity index (χ2n) is 9.41. The molecule has 36 heavy (non-hydrogen) atoms. The third-order valence-electron chi connectivity index (χ3n) is 6.77. The fraction of sp³-hybridized carbons (Fsp3) is 0.385. The Kier molecular flexibility index (Phi) is 7.16. The summed E-state index contributed by atoms with van der Waals surface area (Å²) in [5, 5.41) is 3.47. The predicted octanol–water partition coefficient (Wildman–Crippen LogP) is 4.40. The Bertz CT molecular complexity index is 1330. The number of piperidine rings is 1. The normalized spacial score (nSPS) is 22.2. The molecule has 1 N–H and O–H groups in total. The second-order valence-corrected chi connectivity index (χ2v) is 11.8. The van der Waals surface area contributed by atoms with E-state index in [0.29, 0.717) is 30.6 Å². The molecular formula is C26H29ClN4O4S. The van der Waals surface area contributed by atoms with E-state index in [9.17, 15) is 8.42 Å².